The summed E-state index contributed by atoms with van der Waals surface area (Å²) in [6, 6.07) is 4.04. The number of carbonyl (C=O) groups excluding carboxylic acids is 4. The number of hydrogen-bond donors (Lipinski definition) is 1. The second-order valence-corrected chi connectivity index (χ2v) is 12.8. The molecule has 2 aliphatic carbocycles. The van der Waals surface area contributed by atoms with E-state index in [9.17, 15) is 24.3 Å². The zero-order chi connectivity index (χ0) is 29.9. The zero-order valence-electron chi connectivity index (χ0n) is 24.6. The van der Waals surface area contributed by atoms with Crippen molar-refractivity contribution in [1.82, 2.24) is 4.90 Å². The Morgan fingerprint density at radius 2 is 1.88 bits per heavy atom. The topological polar surface area (TPSA) is 129 Å². The molecule has 1 aromatic carbocycles. The molecular weight excluding hydrogens is 530 g/mol. The minimum atomic E-state index is -1.39. The number of nitrogens with zero attached hydrogens (tertiary/aromatic N) is 1. The fourth-order valence-electron chi connectivity index (χ4n) is 6.99. The summed E-state index contributed by atoms with van der Waals surface area (Å²) in [5, 5.41) is 12.2. The third kappa shape index (κ3) is 4.95. The molecule has 1 N–H and O–H groups in total. The Labute approximate surface area is 239 Å². The van der Waals surface area contributed by atoms with Crippen LogP contribution in [0.2, 0.25) is 0 Å². The van der Waals surface area contributed by atoms with Crippen molar-refractivity contribution >= 4 is 23.7 Å². The molecule has 10 nitrogen and oxygen atoms in total. The van der Waals surface area contributed by atoms with Crippen LogP contribution < -0.4 is 4.74 Å². The van der Waals surface area contributed by atoms with Crippen molar-refractivity contribution < 1.29 is 43.2 Å². The number of ether oxygens (including phenoxy) is 4. The molecule has 5 atom stereocenters. The van der Waals surface area contributed by atoms with Crippen molar-refractivity contribution in [3.8, 4) is 5.75 Å². The molecule has 5 rings (SSSR count). The number of Topliss-reactive ketones (excluding diaryl/α,β-unsaturated/α-hetero) is 1. The van der Waals surface area contributed by atoms with Gasteiger partial charge in [0.2, 0.25) is 6.10 Å². The van der Waals surface area contributed by atoms with Gasteiger partial charge in [-0.2, -0.15) is 0 Å². The predicted molar refractivity (Wildman–Crippen MR) is 146 cm³/mol. The van der Waals surface area contributed by atoms with Crippen molar-refractivity contribution in [1.29, 1.82) is 0 Å². The molecular formula is C31H39NO9. The number of likely N-dealkylation sites (tertiary alicyclic amines) is 1. The lowest BCUT2D eigenvalue weighted by atomic mass is 9.50. The fraction of sp³-hybridized carbons (Fsp3) is 0.613. The van der Waals surface area contributed by atoms with Gasteiger partial charge in [-0.25, -0.2) is 4.79 Å². The number of piperidine rings is 1. The normalized spacial score (nSPS) is 28.5. The minimum Gasteiger partial charge on any atom is -0.481 e. The largest absolute Gasteiger partial charge is 0.481 e. The third-order valence-electron chi connectivity index (χ3n) is 8.75. The van der Waals surface area contributed by atoms with Gasteiger partial charge in [0.25, 0.3) is 0 Å². The number of rotatable bonds is 8. The summed E-state index contributed by atoms with van der Waals surface area (Å²) in [5.74, 6) is -1.55. The molecule has 10 heteroatoms. The van der Waals surface area contributed by atoms with E-state index in [-0.39, 0.29) is 31.1 Å². The molecule has 41 heavy (non-hydrogen) atoms. The Kier molecular flexibility index (Phi) is 7.31. The molecule has 222 valence electrons. The van der Waals surface area contributed by atoms with Gasteiger partial charge in [-0.3, -0.25) is 14.4 Å². The summed E-state index contributed by atoms with van der Waals surface area (Å²) < 4.78 is 22.8. The number of ketones is 1. The van der Waals surface area contributed by atoms with Crippen LogP contribution in [0, 0.1) is 6.92 Å². The molecule has 0 unspecified atom stereocenters. The van der Waals surface area contributed by atoms with Gasteiger partial charge in [0.1, 0.15) is 22.9 Å². The SMILES string of the molecule is CC(=O)C[C@H](OC(=O)CCC(=O)OC1=CC[C@@]2(O)[C@H]3Cc4ccc(C)c5c4[C@@]2(CCN3C)[C@H]1O5)C(=O)OC(C)(C)C. The van der Waals surface area contributed by atoms with E-state index in [2.05, 4.69) is 11.0 Å². The molecule has 2 heterocycles. The van der Waals surface area contributed by atoms with Crippen LogP contribution in [0.3, 0.4) is 0 Å². The molecule has 2 bridgehead atoms. The number of benzene rings is 1. The highest BCUT2D eigenvalue weighted by Crippen LogP contribution is 2.64. The number of hydrogen-bond acceptors (Lipinski definition) is 10. The molecule has 1 spiro atoms. The summed E-state index contributed by atoms with van der Waals surface area (Å²) >= 11 is 0. The number of aryl methyl sites for hydroxylation is 1. The minimum absolute atomic E-state index is 0.0975. The van der Waals surface area contributed by atoms with Crippen molar-refractivity contribution in [2.75, 3.05) is 13.6 Å². The Balaban J connectivity index is 1.29. The average molecular weight is 570 g/mol. The Morgan fingerprint density at radius 3 is 2.56 bits per heavy atom. The lowest BCUT2D eigenvalue weighted by molar-refractivity contribution is -0.177. The summed E-state index contributed by atoms with van der Waals surface area (Å²) in [5.41, 5.74) is 0.494. The van der Waals surface area contributed by atoms with E-state index < -0.39 is 46.7 Å². The Hall–Kier alpha value is -3.24. The second-order valence-electron chi connectivity index (χ2n) is 12.8. The van der Waals surface area contributed by atoms with Gasteiger partial charge < -0.3 is 29.0 Å². The van der Waals surface area contributed by atoms with Crippen LogP contribution in [-0.4, -0.2) is 76.7 Å². The number of likely N-dealkylation sites (N-methyl/N-ethyl adjacent to an activating group) is 1. The van der Waals surface area contributed by atoms with E-state index in [0.29, 0.717) is 25.0 Å². The lowest BCUT2D eigenvalue weighted by Gasteiger charge is -2.61. The van der Waals surface area contributed by atoms with Gasteiger partial charge in [0, 0.05) is 18.0 Å². The van der Waals surface area contributed by atoms with Crippen LogP contribution in [0.25, 0.3) is 0 Å². The number of esters is 3. The van der Waals surface area contributed by atoms with E-state index >= 15 is 0 Å². The third-order valence-corrected chi connectivity index (χ3v) is 8.75. The maximum absolute atomic E-state index is 13.0. The number of aliphatic hydroxyl groups is 1. The first-order chi connectivity index (χ1) is 19.2. The summed E-state index contributed by atoms with van der Waals surface area (Å²) in [7, 11) is 2.03. The monoisotopic (exact) mass is 569 g/mol. The summed E-state index contributed by atoms with van der Waals surface area (Å²) in [6.07, 6.45) is 0.380. The Bertz CT molecular complexity index is 1330. The molecule has 0 saturated carbocycles. The van der Waals surface area contributed by atoms with Gasteiger partial charge in [0.15, 0.2) is 6.10 Å². The van der Waals surface area contributed by atoms with Crippen molar-refractivity contribution in [2.45, 2.75) is 108 Å². The molecule has 2 aliphatic heterocycles. The molecule has 1 saturated heterocycles. The quantitative estimate of drug-likeness (QED) is 0.369. The van der Waals surface area contributed by atoms with E-state index in [0.717, 1.165) is 29.0 Å². The fourth-order valence-corrected chi connectivity index (χ4v) is 6.99. The van der Waals surface area contributed by atoms with Crippen molar-refractivity contribution in [3.63, 3.8) is 0 Å². The Morgan fingerprint density at radius 1 is 1.17 bits per heavy atom. The highest BCUT2D eigenvalue weighted by Gasteiger charge is 2.71. The first-order valence-electron chi connectivity index (χ1n) is 14.2. The van der Waals surface area contributed by atoms with Crippen LogP contribution in [-0.2, 0) is 45.2 Å². The molecule has 1 aromatic rings. The summed E-state index contributed by atoms with van der Waals surface area (Å²) in [6.45, 7) is 9.03. The standard InChI is InChI=1S/C31H39NO9/c1-17-7-8-19-16-22-31(37)12-11-20(27-30(31,13-14-32(22)6)25(19)26(17)40-27)38-23(34)9-10-24(35)39-21(15-18(2)33)28(36)41-29(3,4)5/h7-8,11,21-22,27,37H,9-10,12-16H2,1-6H3/t21-,22+,27-,30-,31+/m0/s1. The van der Waals surface area contributed by atoms with E-state index in [1.807, 2.05) is 20.0 Å². The molecule has 0 aromatic heterocycles. The van der Waals surface area contributed by atoms with Crippen LogP contribution >= 0.6 is 0 Å². The van der Waals surface area contributed by atoms with Gasteiger partial charge in [-0.15, -0.1) is 0 Å². The predicted octanol–water partition coefficient (Wildman–Crippen LogP) is 2.83. The second kappa shape index (κ2) is 10.2. The molecule has 4 aliphatic rings. The van der Waals surface area contributed by atoms with Gasteiger partial charge in [-0.1, -0.05) is 12.1 Å². The van der Waals surface area contributed by atoms with Crippen LogP contribution in [0.15, 0.2) is 24.0 Å². The van der Waals surface area contributed by atoms with Crippen LogP contribution in [0.4, 0.5) is 0 Å². The first kappa shape index (κ1) is 29.3. The molecule has 0 radical (unpaired) electrons. The average Bonchev–Trinajstić information content (AvgIpc) is 3.23. The summed E-state index contributed by atoms with van der Waals surface area (Å²) in [4.78, 5) is 51.8. The lowest BCUT2D eigenvalue weighted by Crippen LogP contribution is -2.74. The highest BCUT2D eigenvalue weighted by atomic mass is 16.6. The first-order valence-corrected chi connectivity index (χ1v) is 14.2. The van der Waals surface area contributed by atoms with Crippen LogP contribution in [0.1, 0.15) is 76.5 Å². The molecule has 1 fully saturated rings. The maximum atomic E-state index is 13.0. The number of carbonyl (C=O) groups is 4. The van der Waals surface area contributed by atoms with Gasteiger partial charge in [0.05, 0.1) is 30.3 Å². The van der Waals surface area contributed by atoms with Crippen molar-refractivity contribution in [2.24, 2.45) is 0 Å². The zero-order valence-corrected chi connectivity index (χ0v) is 24.6. The van der Waals surface area contributed by atoms with Gasteiger partial charge in [-0.05, 0) is 78.3 Å². The van der Waals surface area contributed by atoms with Crippen LogP contribution in [0.5, 0.6) is 5.75 Å². The van der Waals surface area contributed by atoms with Crippen molar-refractivity contribution in [3.05, 3.63) is 40.7 Å². The van der Waals surface area contributed by atoms with E-state index in [4.69, 9.17) is 18.9 Å². The van der Waals surface area contributed by atoms with Gasteiger partial charge >= 0.3 is 17.9 Å². The highest BCUT2D eigenvalue weighted by molar-refractivity contribution is 5.87. The van der Waals surface area contributed by atoms with E-state index in [1.165, 1.54) is 6.92 Å². The smallest absolute Gasteiger partial charge is 0.348 e. The molecule has 0 amide bonds. The maximum Gasteiger partial charge on any atom is 0.348 e. The van der Waals surface area contributed by atoms with E-state index in [1.54, 1.807) is 26.8 Å².